The van der Waals surface area contributed by atoms with Gasteiger partial charge in [-0.15, -0.1) is 0 Å². The molecule has 0 saturated carbocycles. The molecule has 8 heteroatoms. The number of amides is 1. The molecule has 0 saturated heterocycles. The number of benzene rings is 1. The predicted octanol–water partition coefficient (Wildman–Crippen LogP) is 1.95. The number of nitrogens with one attached hydrogen (secondary N) is 2. The van der Waals surface area contributed by atoms with E-state index >= 15 is 0 Å². The molecule has 1 heterocycles. The van der Waals surface area contributed by atoms with Gasteiger partial charge in [0.1, 0.15) is 0 Å². The molecule has 0 radical (unpaired) electrons. The van der Waals surface area contributed by atoms with E-state index in [1.165, 1.54) is 25.3 Å². The molecular weight excluding hydrogens is 362 g/mol. The van der Waals surface area contributed by atoms with Gasteiger partial charge in [0, 0.05) is 19.0 Å². The SMILES string of the molecule is CC[C@H](C)NC(=O)CCCCCn1c(=O)[nH]c2cc(C(=O)OC)ccc2c1=O. The number of carbonyl (C=O) groups is 2. The number of nitrogens with zero attached hydrogens (tertiary/aromatic N) is 1. The molecule has 1 atom stereocenters. The van der Waals surface area contributed by atoms with Crippen LogP contribution in [0.3, 0.4) is 0 Å². The minimum atomic E-state index is -0.538. The summed E-state index contributed by atoms with van der Waals surface area (Å²) in [7, 11) is 1.27. The van der Waals surface area contributed by atoms with E-state index in [0.29, 0.717) is 30.2 Å². The first-order chi connectivity index (χ1) is 13.4. The van der Waals surface area contributed by atoms with Gasteiger partial charge in [-0.1, -0.05) is 13.3 Å². The number of unbranched alkanes of at least 4 members (excludes halogenated alkanes) is 2. The molecule has 0 aliphatic rings. The van der Waals surface area contributed by atoms with Gasteiger partial charge in [-0.3, -0.25) is 14.2 Å². The van der Waals surface area contributed by atoms with Gasteiger partial charge in [0.15, 0.2) is 0 Å². The zero-order valence-electron chi connectivity index (χ0n) is 16.5. The van der Waals surface area contributed by atoms with E-state index in [1.54, 1.807) is 0 Å². The Bertz CT molecular complexity index is 960. The lowest BCUT2D eigenvalue weighted by atomic mass is 10.1. The van der Waals surface area contributed by atoms with E-state index in [2.05, 4.69) is 15.0 Å². The second kappa shape index (κ2) is 9.87. The first kappa shape index (κ1) is 21.4. The van der Waals surface area contributed by atoms with E-state index in [0.717, 1.165) is 17.4 Å². The molecule has 1 amide bonds. The van der Waals surface area contributed by atoms with Crippen molar-refractivity contribution in [3.05, 3.63) is 44.6 Å². The molecule has 28 heavy (non-hydrogen) atoms. The molecule has 152 valence electrons. The number of fused-ring (bicyclic) bond motifs is 1. The summed E-state index contributed by atoms with van der Waals surface area (Å²) in [6, 6.07) is 4.61. The molecule has 0 aliphatic heterocycles. The van der Waals surface area contributed by atoms with E-state index in [4.69, 9.17) is 0 Å². The summed E-state index contributed by atoms with van der Waals surface area (Å²) in [5.74, 6) is -0.513. The fourth-order valence-corrected chi connectivity index (χ4v) is 2.88. The van der Waals surface area contributed by atoms with Crippen LogP contribution < -0.4 is 16.6 Å². The van der Waals surface area contributed by atoms with Crippen LogP contribution in [-0.2, 0) is 16.1 Å². The highest BCUT2D eigenvalue weighted by Crippen LogP contribution is 2.10. The Hall–Kier alpha value is -2.90. The topological polar surface area (TPSA) is 110 Å². The number of carbonyl (C=O) groups excluding carboxylic acids is 2. The number of hydrogen-bond donors (Lipinski definition) is 2. The Kier molecular flexibility index (Phi) is 7.54. The standard InChI is InChI=1S/C20H27N3O5/c1-4-13(2)21-17(24)8-6-5-7-11-23-18(25)15-10-9-14(19(26)28-3)12-16(15)22-20(23)27/h9-10,12-13H,4-8,11H2,1-3H3,(H,21,24)(H,22,27)/t13-/m0/s1. The van der Waals surface area contributed by atoms with Crippen LogP contribution in [0.25, 0.3) is 10.9 Å². The van der Waals surface area contributed by atoms with Gasteiger partial charge in [-0.2, -0.15) is 0 Å². The van der Waals surface area contributed by atoms with E-state index < -0.39 is 17.2 Å². The number of ether oxygens (including phenoxy) is 1. The number of hydrogen-bond acceptors (Lipinski definition) is 5. The average Bonchev–Trinajstić information content (AvgIpc) is 2.68. The lowest BCUT2D eigenvalue weighted by Gasteiger charge is -2.11. The van der Waals surface area contributed by atoms with Crippen LogP contribution >= 0.6 is 0 Å². The van der Waals surface area contributed by atoms with Crippen molar-refractivity contribution in [3.8, 4) is 0 Å². The molecule has 1 aromatic heterocycles. The maximum absolute atomic E-state index is 12.6. The van der Waals surface area contributed by atoms with Crippen molar-refractivity contribution in [2.75, 3.05) is 7.11 Å². The monoisotopic (exact) mass is 389 g/mol. The van der Waals surface area contributed by atoms with E-state index in [9.17, 15) is 19.2 Å². The molecule has 2 aromatic rings. The summed E-state index contributed by atoms with van der Waals surface area (Å²) < 4.78 is 5.80. The number of aromatic nitrogens is 2. The number of esters is 1. The highest BCUT2D eigenvalue weighted by Gasteiger charge is 2.11. The molecule has 2 N–H and O–H groups in total. The van der Waals surface area contributed by atoms with E-state index in [1.807, 2.05) is 13.8 Å². The van der Waals surface area contributed by atoms with Crippen LogP contribution in [0.5, 0.6) is 0 Å². The molecule has 1 aromatic carbocycles. The third-order valence-corrected chi connectivity index (χ3v) is 4.71. The summed E-state index contributed by atoms with van der Waals surface area (Å²) in [5.41, 5.74) is -0.354. The molecule has 0 spiro atoms. The van der Waals surface area contributed by atoms with Gasteiger partial charge < -0.3 is 15.0 Å². The Balaban J connectivity index is 2.00. The third kappa shape index (κ3) is 5.31. The highest BCUT2D eigenvalue weighted by molar-refractivity contribution is 5.93. The fraction of sp³-hybridized carbons (Fsp3) is 0.500. The molecule has 2 rings (SSSR count). The Labute approximate surface area is 162 Å². The summed E-state index contributed by atoms with van der Waals surface area (Å²) in [6.45, 7) is 4.25. The second-order valence-electron chi connectivity index (χ2n) is 6.83. The number of aromatic amines is 1. The van der Waals surface area contributed by atoms with Crippen molar-refractivity contribution in [3.63, 3.8) is 0 Å². The summed E-state index contributed by atoms with van der Waals surface area (Å²) in [5, 5.41) is 3.24. The maximum atomic E-state index is 12.6. The molecule has 8 nitrogen and oxygen atoms in total. The van der Waals surface area contributed by atoms with Gasteiger partial charge in [0.2, 0.25) is 5.91 Å². The first-order valence-corrected chi connectivity index (χ1v) is 9.52. The van der Waals surface area contributed by atoms with Crippen LogP contribution in [0, 0.1) is 0 Å². The van der Waals surface area contributed by atoms with Gasteiger partial charge in [-0.25, -0.2) is 9.59 Å². The normalized spacial score (nSPS) is 12.0. The molecule has 0 fully saturated rings. The van der Waals surface area contributed by atoms with Crippen LogP contribution in [0.2, 0.25) is 0 Å². The fourth-order valence-electron chi connectivity index (χ4n) is 2.88. The first-order valence-electron chi connectivity index (χ1n) is 9.52. The zero-order chi connectivity index (χ0) is 20.7. The van der Waals surface area contributed by atoms with Gasteiger partial charge in [0.05, 0.1) is 23.6 Å². The minimum absolute atomic E-state index is 0.0245. The van der Waals surface area contributed by atoms with Crippen molar-refractivity contribution in [2.24, 2.45) is 0 Å². The maximum Gasteiger partial charge on any atom is 0.337 e. The quantitative estimate of drug-likeness (QED) is 0.503. The summed E-state index contributed by atoms with van der Waals surface area (Å²) >= 11 is 0. The lowest BCUT2D eigenvalue weighted by Crippen LogP contribution is -2.35. The van der Waals surface area contributed by atoms with Crippen LogP contribution in [0.15, 0.2) is 27.8 Å². The van der Waals surface area contributed by atoms with Crippen molar-refractivity contribution in [1.82, 2.24) is 14.9 Å². The highest BCUT2D eigenvalue weighted by atomic mass is 16.5. The van der Waals surface area contributed by atoms with Crippen LogP contribution in [-0.4, -0.2) is 34.6 Å². The Morgan fingerprint density at radius 1 is 1.21 bits per heavy atom. The molecule has 0 aliphatic carbocycles. The van der Waals surface area contributed by atoms with Crippen LogP contribution in [0.1, 0.15) is 56.3 Å². The number of rotatable bonds is 9. The summed E-state index contributed by atoms with van der Waals surface area (Å²) in [6.07, 6.45) is 3.37. The third-order valence-electron chi connectivity index (χ3n) is 4.71. The summed E-state index contributed by atoms with van der Waals surface area (Å²) in [4.78, 5) is 50.8. The minimum Gasteiger partial charge on any atom is -0.465 e. The average molecular weight is 389 g/mol. The number of H-pyrrole nitrogens is 1. The van der Waals surface area contributed by atoms with Crippen LogP contribution in [0.4, 0.5) is 0 Å². The van der Waals surface area contributed by atoms with Crippen molar-refractivity contribution < 1.29 is 14.3 Å². The molecular formula is C20H27N3O5. The number of methoxy groups -OCH3 is 1. The molecule has 0 unspecified atom stereocenters. The smallest absolute Gasteiger partial charge is 0.337 e. The predicted molar refractivity (Wildman–Crippen MR) is 107 cm³/mol. The van der Waals surface area contributed by atoms with Gasteiger partial charge in [-0.05, 0) is 44.4 Å². The second-order valence-corrected chi connectivity index (χ2v) is 6.83. The Morgan fingerprint density at radius 3 is 2.64 bits per heavy atom. The Morgan fingerprint density at radius 2 is 1.96 bits per heavy atom. The zero-order valence-corrected chi connectivity index (χ0v) is 16.5. The van der Waals surface area contributed by atoms with Gasteiger partial charge >= 0.3 is 11.7 Å². The lowest BCUT2D eigenvalue weighted by molar-refractivity contribution is -0.121. The van der Waals surface area contributed by atoms with Crippen molar-refractivity contribution in [1.29, 1.82) is 0 Å². The van der Waals surface area contributed by atoms with E-state index in [-0.39, 0.29) is 24.1 Å². The van der Waals surface area contributed by atoms with Crippen molar-refractivity contribution in [2.45, 2.75) is 58.5 Å². The largest absolute Gasteiger partial charge is 0.465 e. The molecule has 0 bridgehead atoms. The van der Waals surface area contributed by atoms with Crippen molar-refractivity contribution >= 4 is 22.8 Å². The van der Waals surface area contributed by atoms with Gasteiger partial charge in [0.25, 0.3) is 5.56 Å².